The second kappa shape index (κ2) is 8.67. The van der Waals surface area contributed by atoms with Crippen LogP contribution < -0.4 is 5.43 Å². The van der Waals surface area contributed by atoms with Crippen molar-refractivity contribution in [2.24, 2.45) is 5.10 Å². The number of para-hydroxylation sites is 1. The van der Waals surface area contributed by atoms with Gasteiger partial charge in [0.25, 0.3) is 5.91 Å². The van der Waals surface area contributed by atoms with Gasteiger partial charge >= 0.3 is 0 Å². The zero-order chi connectivity index (χ0) is 19.3. The van der Waals surface area contributed by atoms with Gasteiger partial charge in [-0.25, -0.2) is 10.4 Å². The van der Waals surface area contributed by atoms with E-state index in [1.165, 1.54) is 4.70 Å². The smallest absolute Gasteiger partial charge is 0.271 e. The lowest BCUT2D eigenvalue weighted by atomic mass is 9.97. The number of hydrogen-bond acceptors (Lipinski definition) is 6. The fourth-order valence-electron chi connectivity index (χ4n) is 2.99. The van der Waals surface area contributed by atoms with E-state index in [9.17, 15) is 9.59 Å². The lowest BCUT2D eigenvalue weighted by Gasteiger charge is -2.11. The minimum Gasteiger partial charge on any atom is -0.299 e. The van der Waals surface area contributed by atoms with Crippen LogP contribution >= 0.6 is 23.1 Å². The molecule has 1 aliphatic rings. The molecule has 5 nitrogen and oxygen atoms in total. The third-order valence-electron chi connectivity index (χ3n) is 4.49. The van der Waals surface area contributed by atoms with Crippen LogP contribution in [0.1, 0.15) is 41.6 Å². The number of thioether (sulfide) groups is 1. The third-order valence-corrected chi connectivity index (χ3v) is 6.74. The van der Waals surface area contributed by atoms with Gasteiger partial charge in [-0.15, -0.1) is 11.3 Å². The van der Waals surface area contributed by atoms with Gasteiger partial charge in [-0.3, -0.25) is 9.59 Å². The summed E-state index contributed by atoms with van der Waals surface area (Å²) in [5.74, 6) is 0.733. The summed E-state index contributed by atoms with van der Waals surface area (Å²) in [6, 6.07) is 15.6. The van der Waals surface area contributed by atoms with E-state index in [1.807, 2.05) is 30.3 Å². The number of hydrogen-bond donors (Lipinski definition) is 1. The quantitative estimate of drug-likeness (QED) is 0.484. The molecule has 28 heavy (non-hydrogen) atoms. The van der Waals surface area contributed by atoms with Crippen LogP contribution in [0.25, 0.3) is 10.2 Å². The summed E-state index contributed by atoms with van der Waals surface area (Å²) in [7, 11) is 0. The van der Waals surface area contributed by atoms with Crippen LogP contribution in [0, 0.1) is 0 Å². The fraction of sp³-hybridized carbons (Fsp3) is 0.238. The number of nitrogens with zero attached hydrogens (tertiary/aromatic N) is 2. The van der Waals surface area contributed by atoms with Crippen LogP contribution in [0.4, 0.5) is 0 Å². The lowest BCUT2D eigenvalue weighted by Crippen LogP contribution is -2.22. The molecule has 4 rings (SSSR count). The van der Waals surface area contributed by atoms with Crippen molar-refractivity contribution >= 4 is 50.7 Å². The fourth-order valence-corrected chi connectivity index (χ4v) is 5.02. The Labute approximate surface area is 171 Å². The van der Waals surface area contributed by atoms with Gasteiger partial charge in [0.05, 0.1) is 10.2 Å². The van der Waals surface area contributed by atoms with Crippen molar-refractivity contribution < 1.29 is 9.59 Å². The average molecular weight is 410 g/mol. The van der Waals surface area contributed by atoms with E-state index < -0.39 is 0 Å². The van der Waals surface area contributed by atoms with Gasteiger partial charge in [-0.2, -0.15) is 5.10 Å². The van der Waals surface area contributed by atoms with E-state index in [0.29, 0.717) is 18.4 Å². The van der Waals surface area contributed by atoms with Crippen LogP contribution in [0.3, 0.4) is 0 Å². The second-order valence-corrected chi connectivity index (χ2v) is 8.87. The summed E-state index contributed by atoms with van der Waals surface area (Å²) >= 11 is 3.39. The molecule has 0 saturated heterocycles. The van der Waals surface area contributed by atoms with Gasteiger partial charge in [0.1, 0.15) is 5.78 Å². The maximum atomic E-state index is 12.2. The number of ketones is 1. The number of hydrazone groups is 1. The maximum Gasteiger partial charge on any atom is 0.271 e. The van der Waals surface area contributed by atoms with Gasteiger partial charge in [0.15, 0.2) is 4.34 Å². The second-order valence-electron chi connectivity index (χ2n) is 6.62. The molecule has 1 amide bonds. The Kier molecular flexibility index (Phi) is 5.83. The molecule has 0 spiro atoms. The molecular formula is C21H19N3O2S2. The standard InChI is InChI=1S/C21H19N3O2S2/c25-17-5-3-4-16(12-17)23-24-20(26)15-10-8-14(9-11-15)13-27-21-22-18-6-1-2-7-19(18)28-21/h1-2,6-11H,3-5,12-13H2,(H,24,26)/b23-16+. The molecule has 3 aromatic rings. The van der Waals surface area contributed by atoms with E-state index in [-0.39, 0.29) is 11.7 Å². The zero-order valence-corrected chi connectivity index (χ0v) is 16.8. The van der Waals surface area contributed by atoms with Crippen molar-refractivity contribution in [3.8, 4) is 0 Å². The van der Waals surface area contributed by atoms with Gasteiger partial charge in [0, 0.05) is 29.9 Å². The van der Waals surface area contributed by atoms with Crippen LogP contribution in [0.5, 0.6) is 0 Å². The van der Waals surface area contributed by atoms with E-state index in [2.05, 4.69) is 21.6 Å². The van der Waals surface area contributed by atoms with Crippen molar-refractivity contribution in [2.45, 2.75) is 35.8 Å². The SMILES string of the molecule is O=C1CCC/C(=N\NC(=O)c2ccc(CSc3nc4ccccc4s3)cc2)C1. The summed E-state index contributed by atoms with van der Waals surface area (Å²) in [6.07, 6.45) is 2.55. The number of carbonyl (C=O) groups excluding carboxylic acids is 2. The molecule has 1 N–H and O–H groups in total. The molecule has 0 radical (unpaired) electrons. The Morgan fingerprint density at radius 3 is 2.75 bits per heavy atom. The summed E-state index contributed by atoms with van der Waals surface area (Å²) in [5, 5.41) is 4.11. The molecule has 1 heterocycles. The number of benzene rings is 2. The number of Topliss-reactive ketones (excluding diaryl/α,β-unsaturated/α-hetero) is 1. The van der Waals surface area contributed by atoms with Crippen molar-refractivity contribution in [3.05, 3.63) is 59.7 Å². The van der Waals surface area contributed by atoms with Gasteiger partial charge in [-0.05, 0) is 42.7 Å². The predicted octanol–water partition coefficient (Wildman–Crippen LogP) is 4.82. The predicted molar refractivity (Wildman–Crippen MR) is 114 cm³/mol. The zero-order valence-electron chi connectivity index (χ0n) is 15.2. The normalized spacial score (nSPS) is 15.9. The van der Waals surface area contributed by atoms with E-state index in [1.54, 1.807) is 35.2 Å². The molecule has 142 valence electrons. The third kappa shape index (κ3) is 4.66. The number of thiazole rings is 1. The molecule has 7 heteroatoms. The van der Waals surface area contributed by atoms with Crippen LogP contribution in [-0.4, -0.2) is 22.4 Å². The first kappa shape index (κ1) is 18.8. The molecule has 1 saturated carbocycles. The highest BCUT2D eigenvalue weighted by atomic mass is 32.2. The molecule has 0 aliphatic heterocycles. The van der Waals surface area contributed by atoms with Gasteiger partial charge in [-0.1, -0.05) is 36.0 Å². The van der Waals surface area contributed by atoms with Gasteiger partial charge < -0.3 is 0 Å². The van der Waals surface area contributed by atoms with Crippen LogP contribution in [0.2, 0.25) is 0 Å². The van der Waals surface area contributed by atoms with Crippen molar-refractivity contribution in [1.29, 1.82) is 0 Å². The highest BCUT2D eigenvalue weighted by molar-refractivity contribution is 8.00. The first-order valence-corrected chi connectivity index (χ1v) is 10.9. The summed E-state index contributed by atoms with van der Waals surface area (Å²) in [6.45, 7) is 0. The van der Waals surface area contributed by atoms with E-state index in [4.69, 9.17) is 0 Å². The number of rotatable bonds is 5. The van der Waals surface area contributed by atoms with Gasteiger partial charge in [0.2, 0.25) is 0 Å². The molecule has 1 aliphatic carbocycles. The molecular weight excluding hydrogens is 390 g/mol. The van der Waals surface area contributed by atoms with Crippen LogP contribution in [0.15, 0.2) is 58.0 Å². The summed E-state index contributed by atoms with van der Waals surface area (Å²) < 4.78 is 2.24. The van der Waals surface area contributed by atoms with E-state index >= 15 is 0 Å². The minimum absolute atomic E-state index is 0.189. The summed E-state index contributed by atoms with van der Waals surface area (Å²) in [4.78, 5) is 28.3. The topological polar surface area (TPSA) is 71.4 Å². The Morgan fingerprint density at radius 2 is 1.96 bits per heavy atom. The highest BCUT2D eigenvalue weighted by Crippen LogP contribution is 2.31. The monoisotopic (exact) mass is 409 g/mol. The minimum atomic E-state index is -0.254. The summed E-state index contributed by atoms with van der Waals surface area (Å²) in [5.41, 5.74) is 6.04. The van der Waals surface area contributed by atoms with Crippen molar-refractivity contribution in [2.75, 3.05) is 0 Å². The Hall–Kier alpha value is -2.51. The first-order valence-electron chi connectivity index (χ1n) is 9.12. The first-order chi connectivity index (χ1) is 13.7. The van der Waals surface area contributed by atoms with Crippen molar-refractivity contribution in [1.82, 2.24) is 10.4 Å². The Bertz CT molecular complexity index is 1010. The van der Waals surface area contributed by atoms with Crippen molar-refractivity contribution in [3.63, 3.8) is 0 Å². The Balaban J connectivity index is 1.33. The number of aromatic nitrogens is 1. The molecule has 0 bridgehead atoms. The maximum absolute atomic E-state index is 12.2. The number of carbonyl (C=O) groups is 2. The Morgan fingerprint density at radius 1 is 1.14 bits per heavy atom. The molecule has 1 fully saturated rings. The lowest BCUT2D eigenvalue weighted by molar-refractivity contribution is -0.118. The molecule has 0 atom stereocenters. The molecule has 1 aromatic heterocycles. The highest BCUT2D eigenvalue weighted by Gasteiger charge is 2.15. The average Bonchev–Trinajstić information content (AvgIpc) is 3.14. The number of amides is 1. The molecule has 2 aromatic carbocycles. The van der Waals surface area contributed by atoms with Crippen LogP contribution in [-0.2, 0) is 10.5 Å². The molecule has 0 unspecified atom stereocenters. The number of fused-ring (bicyclic) bond motifs is 1. The number of nitrogens with one attached hydrogen (secondary N) is 1. The largest absolute Gasteiger partial charge is 0.299 e. The van der Waals surface area contributed by atoms with E-state index in [0.717, 1.165) is 39.7 Å².